The SMILES string of the molecule is C[C@H]1[C@@H]2Oc3ccc(Oc4ccnc5c4CCC(=O)N5)cc3[C@H]12. The number of carbonyl (C=O) groups is 1. The molecule has 5 heteroatoms. The second-order valence-corrected chi connectivity index (χ2v) is 6.45. The zero-order valence-electron chi connectivity index (χ0n) is 12.7. The molecule has 5 nitrogen and oxygen atoms in total. The lowest BCUT2D eigenvalue weighted by atomic mass is 10.1. The summed E-state index contributed by atoms with van der Waals surface area (Å²) in [6, 6.07) is 7.85. The zero-order valence-corrected chi connectivity index (χ0v) is 12.7. The van der Waals surface area contributed by atoms with Crippen LogP contribution in [0.4, 0.5) is 5.82 Å². The summed E-state index contributed by atoms with van der Waals surface area (Å²) in [5.74, 6) is 4.27. The molecule has 23 heavy (non-hydrogen) atoms. The largest absolute Gasteiger partial charge is 0.489 e. The molecule has 0 saturated heterocycles. The summed E-state index contributed by atoms with van der Waals surface area (Å²) in [4.78, 5) is 15.7. The van der Waals surface area contributed by atoms with Gasteiger partial charge in [-0.05, 0) is 30.7 Å². The third-order valence-electron chi connectivity index (χ3n) is 5.00. The zero-order chi connectivity index (χ0) is 15.6. The summed E-state index contributed by atoms with van der Waals surface area (Å²) in [6.07, 6.45) is 3.13. The van der Waals surface area contributed by atoms with Gasteiger partial charge in [-0.2, -0.15) is 0 Å². The van der Waals surface area contributed by atoms with Gasteiger partial charge < -0.3 is 14.8 Å². The number of benzene rings is 1. The average molecular weight is 308 g/mol. The highest BCUT2D eigenvalue weighted by molar-refractivity contribution is 5.93. The molecular formula is C18H16N2O3. The second kappa shape index (κ2) is 4.47. The van der Waals surface area contributed by atoms with Crippen LogP contribution in [-0.2, 0) is 11.2 Å². The van der Waals surface area contributed by atoms with Crippen LogP contribution in [0, 0.1) is 5.92 Å². The molecular weight excluding hydrogens is 292 g/mol. The molecule has 1 saturated carbocycles. The van der Waals surface area contributed by atoms with Crippen LogP contribution in [0.2, 0.25) is 0 Å². The number of nitrogens with one attached hydrogen (secondary N) is 1. The lowest BCUT2D eigenvalue weighted by molar-refractivity contribution is -0.116. The van der Waals surface area contributed by atoms with Crippen molar-refractivity contribution in [1.82, 2.24) is 4.98 Å². The number of carbonyl (C=O) groups excluding carboxylic acids is 1. The van der Waals surface area contributed by atoms with Gasteiger partial charge in [-0.3, -0.25) is 4.79 Å². The normalized spacial score (nSPS) is 26.5. The Morgan fingerprint density at radius 2 is 2.22 bits per heavy atom. The van der Waals surface area contributed by atoms with Crippen LogP contribution in [0.15, 0.2) is 30.5 Å². The number of rotatable bonds is 2. The maximum atomic E-state index is 11.5. The molecule has 2 aliphatic heterocycles. The Morgan fingerprint density at radius 1 is 1.30 bits per heavy atom. The van der Waals surface area contributed by atoms with Crippen LogP contribution in [0.1, 0.15) is 30.4 Å². The summed E-state index contributed by atoms with van der Waals surface area (Å²) >= 11 is 0. The molecule has 1 amide bonds. The number of ether oxygens (including phenoxy) is 2. The first-order valence-corrected chi connectivity index (χ1v) is 7.97. The molecule has 116 valence electrons. The first kappa shape index (κ1) is 12.9. The van der Waals surface area contributed by atoms with Gasteiger partial charge >= 0.3 is 0 Å². The first-order chi connectivity index (χ1) is 11.2. The van der Waals surface area contributed by atoms with Gasteiger partial charge in [-0.1, -0.05) is 6.92 Å². The molecule has 1 aromatic heterocycles. The lowest BCUT2D eigenvalue weighted by Gasteiger charge is -2.19. The number of nitrogens with zero attached hydrogens (tertiary/aromatic N) is 1. The van der Waals surface area contributed by atoms with E-state index in [9.17, 15) is 4.79 Å². The highest BCUT2D eigenvalue weighted by atomic mass is 16.5. The molecule has 0 radical (unpaired) electrons. The van der Waals surface area contributed by atoms with Crippen molar-refractivity contribution in [1.29, 1.82) is 0 Å². The highest BCUT2D eigenvalue weighted by Crippen LogP contribution is 2.58. The van der Waals surface area contributed by atoms with E-state index in [4.69, 9.17) is 9.47 Å². The fourth-order valence-electron chi connectivity index (χ4n) is 3.65. The number of pyridine rings is 1. The van der Waals surface area contributed by atoms with Gasteiger partial charge in [0.2, 0.25) is 5.91 Å². The molecule has 2 aromatic rings. The molecule has 1 N–H and O–H groups in total. The van der Waals surface area contributed by atoms with Gasteiger partial charge in [0, 0.05) is 35.6 Å². The van der Waals surface area contributed by atoms with Gasteiger partial charge in [0.15, 0.2) is 0 Å². The Morgan fingerprint density at radius 3 is 3.13 bits per heavy atom. The van der Waals surface area contributed by atoms with Crippen molar-refractivity contribution in [2.75, 3.05) is 5.32 Å². The first-order valence-electron chi connectivity index (χ1n) is 7.97. The van der Waals surface area contributed by atoms with Gasteiger partial charge in [0.1, 0.15) is 29.2 Å². The predicted octanol–water partition coefficient (Wildman–Crippen LogP) is 3.25. The summed E-state index contributed by atoms with van der Waals surface area (Å²) < 4.78 is 12.0. The third kappa shape index (κ3) is 1.92. The number of hydrogen-bond acceptors (Lipinski definition) is 4. The van der Waals surface area contributed by atoms with Crippen molar-refractivity contribution in [3.63, 3.8) is 0 Å². The van der Waals surface area contributed by atoms with Gasteiger partial charge in [-0.25, -0.2) is 4.98 Å². The van der Waals surface area contributed by atoms with Crippen LogP contribution in [0.25, 0.3) is 0 Å². The number of hydrogen-bond donors (Lipinski definition) is 1. The lowest BCUT2D eigenvalue weighted by Crippen LogP contribution is -2.20. The Hall–Kier alpha value is -2.56. The van der Waals surface area contributed by atoms with Gasteiger partial charge in [-0.15, -0.1) is 0 Å². The molecule has 3 atom stereocenters. The minimum atomic E-state index is 0.00518. The van der Waals surface area contributed by atoms with Crippen molar-refractivity contribution in [2.24, 2.45) is 5.92 Å². The van der Waals surface area contributed by atoms with E-state index in [1.807, 2.05) is 18.2 Å². The predicted molar refractivity (Wildman–Crippen MR) is 84.0 cm³/mol. The van der Waals surface area contributed by atoms with Gasteiger partial charge in [0.05, 0.1) is 0 Å². The Balaban J connectivity index is 1.47. The van der Waals surface area contributed by atoms with Crippen molar-refractivity contribution < 1.29 is 14.3 Å². The van der Waals surface area contributed by atoms with Crippen LogP contribution in [-0.4, -0.2) is 17.0 Å². The fraction of sp³-hybridized carbons (Fsp3) is 0.333. The van der Waals surface area contributed by atoms with Crippen LogP contribution < -0.4 is 14.8 Å². The van der Waals surface area contributed by atoms with Gasteiger partial charge in [0.25, 0.3) is 0 Å². The van der Waals surface area contributed by atoms with E-state index in [0.717, 1.165) is 22.8 Å². The van der Waals surface area contributed by atoms with Crippen LogP contribution in [0.5, 0.6) is 17.2 Å². The number of amides is 1. The quantitative estimate of drug-likeness (QED) is 0.925. The summed E-state index contributed by atoms with van der Waals surface area (Å²) in [7, 11) is 0. The van der Waals surface area contributed by atoms with Crippen molar-refractivity contribution >= 4 is 11.7 Å². The second-order valence-electron chi connectivity index (χ2n) is 6.45. The van der Waals surface area contributed by atoms with Crippen molar-refractivity contribution in [3.05, 3.63) is 41.6 Å². The van der Waals surface area contributed by atoms with Crippen LogP contribution >= 0.6 is 0 Å². The maximum Gasteiger partial charge on any atom is 0.225 e. The minimum absolute atomic E-state index is 0.00518. The van der Waals surface area contributed by atoms with E-state index in [1.165, 1.54) is 5.56 Å². The highest BCUT2D eigenvalue weighted by Gasteiger charge is 2.55. The molecule has 0 unspecified atom stereocenters. The monoisotopic (exact) mass is 308 g/mol. The molecule has 1 aliphatic carbocycles. The molecule has 5 rings (SSSR count). The van der Waals surface area contributed by atoms with E-state index in [1.54, 1.807) is 6.20 Å². The van der Waals surface area contributed by atoms with E-state index < -0.39 is 0 Å². The molecule has 1 aromatic carbocycles. The van der Waals surface area contributed by atoms with E-state index in [2.05, 4.69) is 23.3 Å². The van der Waals surface area contributed by atoms with Crippen LogP contribution in [0.3, 0.4) is 0 Å². The van der Waals surface area contributed by atoms with E-state index in [0.29, 0.717) is 36.6 Å². The molecule has 3 heterocycles. The Bertz CT molecular complexity index is 833. The Kier molecular flexibility index (Phi) is 2.52. The third-order valence-corrected chi connectivity index (χ3v) is 5.00. The standard InChI is InChI=1S/C18H16N2O3/c1-9-16-12-8-10(2-4-13(12)23-17(9)16)22-14-6-7-19-18-11(14)3-5-15(21)20-18/h2,4,6-9,16-17H,3,5H2,1H3,(H,19,20,21)/t9-,16+,17+/m1/s1. The summed E-state index contributed by atoms with van der Waals surface area (Å²) in [6.45, 7) is 2.22. The number of fused-ring (bicyclic) bond motifs is 4. The summed E-state index contributed by atoms with van der Waals surface area (Å²) in [5, 5.41) is 2.80. The van der Waals surface area contributed by atoms with E-state index in [-0.39, 0.29) is 5.91 Å². The topological polar surface area (TPSA) is 60.5 Å². The number of anilines is 1. The van der Waals surface area contributed by atoms with Crippen molar-refractivity contribution in [3.8, 4) is 17.2 Å². The molecule has 0 spiro atoms. The minimum Gasteiger partial charge on any atom is -0.489 e. The van der Waals surface area contributed by atoms with Crippen molar-refractivity contribution in [2.45, 2.75) is 31.8 Å². The number of aromatic nitrogens is 1. The molecule has 0 bridgehead atoms. The average Bonchev–Trinajstić information content (AvgIpc) is 3.02. The molecule has 3 aliphatic rings. The molecule has 1 fully saturated rings. The fourth-order valence-corrected chi connectivity index (χ4v) is 3.65. The summed E-state index contributed by atoms with van der Waals surface area (Å²) in [5.41, 5.74) is 2.21. The smallest absolute Gasteiger partial charge is 0.225 e. The van der Waals surface area contributed by atoms with E-state index >= 15 is 0 Å². The maximum absolute atomic E-state index is 11.5. The Labute approximate surface area is 133 Å².